The Bertz CT molecular complexity index is 1180. The topological polar surface area (TPSA) is 141 Å². The minimum absolute atomic E-state index is 0.00920. The summed E-state index contributed by atoms with van der Waals surface area (Å²) in [5.41, 5.74) is 4.56. The van der Waals surface area contributed by atoms with Gasteiger partial charge in [-0.25, -0.2) is 19.1 Å². The first-order valence-electron chi connectivity index (χ1n) is 9.75. The molecule has 2 amide bonds. The molecule has 1 heterocycles. The molecule has 4 rings (SSSR count). The van der Waals surface area contributed by atoms with Crippen LogP contribution in [0.5, 0.6) is 0 Å². The largest absolute Gasteiger partial charge is 0.384 e. The molecule has 0 saturated carbocycles. The smallest absolute Gasteiger partial charge is 0.354 e. The lowest BCUT2D eigenvalue weighted by molar-refractivity contribution is 0.0741. The number of rotatable bonds is 3. The van der Waals surface area contributed by atoms with Crippen molar-refractivity contribution in [1.29, 1.82) is 5.26 Å². The number of carbonyl (C=O) groups excluding carboxylic acids is 1. The number of fused-ring (bicyclic) bond motifs is 2. The highest BCUT2D eigenvalue weighted by molar-refractivity contribution is 7.93. The Hall–Kier alpha value is -2.32. The van der Waals surface area contributed by atoms with Gasteiger partial charge in [0.1, 0.15) is 5.60 Å². The van der Waals surface area contributed by atoms with Gasteiger partial charge in [-0.1, -0.05) is 0 Å². The van der Waals surface area contributed by atoms with Crippen LogP contribution in [-0.2, 0) is 41.2 Å². The molecular formula is C20H23N5O3S2. The Morgan fingerprint density at radius 2 is 1.83 bits per heavy atom. The molecule has 4 N–H and O–H groups in total. The van der Waals surface area contributed by atoms with Crippen LogP contribution in [0.4, 0.5) is 10.5 Å². The van der Waals surface area contributed by atoms with Gasteiger partial charge in [-0.2, -0.15) is 5.26 Å². The number of urea groups is 1. The van der Waals surface area contributed by atoms with E-state index in [9.17, 15) is 19.4 Å². The average Bonchev–Trinajstić information content (AvgIpc) is 3.40. The third-order valence-electron chi connectivity index (χ3n) is 5.57. The van der Waals surface area contributed by atoms with Gasteiger partial charge in [-0.05, 0) is 74.6 Å². The number of aromatic nitrogens is 1. The van der Waals surface area contributed by atoms with Gasteiger partial charge < -0.3 is 10.4 Å². The summed E-state index contributed by atoms with van der Waals surface area (Å²) in [6.45, 7) is 3.11. The number of carbonyl (C=O) groups is 1. The summed E-state index contributed by atoms with van der Waals surface area (Å²) in [7, 11) is -3.55. The van der Waals surface area contributed by atoms with Crippen LogP contribution in [0.1, 0.15) is 60.2 Å². The number of nitrogens with two attached hydrogens (primary N) is 1. The summed E-state index contributed by atoms with van der Waals surface area (Å²) >= 11 is 0.995. The molecule has 8 nitrogen and oxygen atoms in total. The van der Waals surface area contributed by atoms with Crippen LogP contribution in [0.15, 0.2) is 14.1 Å². The Kier molecular flexibility index (Phi) is 5.18. The molecule has 1 aromatic carbocycles. The zero-order chi connectivity index (χ0) is 21.7. The lowest BCUT2D eigenvalue weighted by atomic mass is 9.93. The van der Waals surface area contributed by atoms with E-state index in [0.717, 1.165) is 77.7 Å². The molecule has 0 bridgehead atoms. The molecule has 10 heteroatoms. The quantitative estimate of drug-likeness (QED) is 0.665. The van der Waals surface area contributed by atoms with Gasteiger partial charge in [0.15, 0.2) is 9.92 Å². The fourth-order valence-electron chi connectivity index (χ4n) is 4.21. The number of nitriles is 1. The van der Waals surface area contributed by atoms with Crippen molar-refractivity contribution in [2.24, 2.45) is 9.50 Å². The average molecular weight is 446 g/mol. The SMILES string of the molecule is CC(C)(O)c1csc([S@@](N)(=O)=NC(=O)Nc2c3c(c(C#N)c4c2CCC4)CCC3)n1. The van der Waals surface area contributed by atoms with Gasteiger partial charge in [0.2, 0.25) is 4.34 Å². The van der Waals surface area contributed by atoms with Crippen molar-refractivity contribution in [3.63, 3.8) is 0 Å². The van der Waals surface area contributed by atoms with Crippen LogP contribution < -0.4 is 10.5 Å². The number of hydrogen-bond donors (Lipinski definition) is 3. The summed E-state index contributed by atoms with van der Waals surface area (Å²) < 4.78 is 16.6. The van der Waals surface area contributed by atoms with Crippen LogP contribution >= 0.6 is 11.3 Å². The molecule has 0 spiro atoms. The predicted molar refractivity (Wildman–Crippen MR) is 115 cm³/mol. The molecule has 0 fully saturated rings. The van der Waals surface area contributed by atoms with Crippen LogP contribution in [0.3, 0.4) is 0 Å². The minimum Gasteiger partial charge on any atom is -0.384 e. The van der Waals surface area contributed by atoms with Gasteiger partial charge in [0.05, 0.1) is 17.3 Å². The molecular weight excluding hydrogens is 422 g/mol. The molecule has 2 aromatic rings. The monoisotopic (exact) mass is 445 g/mol. The Morgan fingerprint density at radius 3 is 2.33 bits per heavy atom. The number of hydrogen-bond acceptors (Lipinski definition) is 6. The number of thiazole rings is 1. The Morgan fingerprint density at radius 1 is 1.27 bits per heavy atom. The first kappa shape index (κ1) is 20.9. The first-order chi connectivity index (χ1) is 14.1. The van der Waals surface area contributed by atoms with Crippen LogP contribution in [0, 0.1) is 11.3 Å². The first-order valence-corrected chi connectivity index (χ1v) is 12.2. The number of nitrogens with zero attached hydrogens (tertiary/aromatic N) is 3. The normalized spacial score (nSPS) is 17.0. The molecule has 0 radical (unpaired) electrons. The summed E-state index contributed by atoms with van der Waals surface area (Å²) in [4.78, 5) is 16.8. The van der Waals surface area contributed by atoms with Gasteiger partial charge in [0.25, 0.3) is 0 Å². The molecule has 2 aliphatic rings. The highest BCUT2D eigenvalue weighted by atomic mass is 32.2. The zero-order valence-corrected chi connectivity index (χ0v) is 18.5. The second-order valence-corrected chi connectivity index (χ2v) is 11.0. The summed E-state index contributed by atoms with van der Waals surface area (Å²) in [6, 6.07) is 1.56. The van der Waals surface area contributed by atoms with E-state index >= 15 is 0 Å². The lowest BCUT2D eigenvalue weighted by Crippen LogP contribution is -2.20. The van der Waals surface area contributed by atoms with Gasteiger partial charge in [-0.3, -0.25) is 0 Å². The highest BCUT2D eigenvalue weighted by Crippen LogP contribution is 2.41. The van der Waals surface area contributed by atoms with Crippen molar-refractivity contribution >= 4 is 33.0 Å². The van der Waals surface area contributed by atoms with Crippen molar-refractivity contribution in [2.45, 2.75) is 62.3 Å². The molecule has 0 unspecified atom stereocenters. The number of nitrogens with one attached hydrogen (secondary N) is 1. The van der Waals surface area contributed by atoms with Crippen molar-refractivity contribution in [2.75, 3.05) is 5.32 Å². The van der Waals surface area contributed by atoms with E-state index in [-0.39, 0.29) is 4.34 Å². The van der Waals surface area contributed by atoms with Crippen molar-refractivity contribution in [3.05, 3.63) is 38.9 Å². The van der Waals surface area contributed by atoms with Crippen LogP contribution in [0.2, 0.25) is 0 Å². The molecule has 158 valence electrons. The number of benzene rings is 1. The standard InChI is InChI=1S/C20H23N5O3S2/c1-20(2,27)16-10-29-19(23-16)30(22,28)25-18(26)24-17-13-7-3-5-11(13)15(9-21)12-6-4-8-14(12)17/h10,27H,3-8H2,1-2H3,(H3,22,24,25,26,28)/t30-/m0/s1. The van der Waals surface area contributed by atoms with Crippen LogP contribution in [0.25, 0.3) is 0 Å². The highest BCUT2D eigenvalue weighted by Gasteiger charge is 2.30. The van der Waals surface area contributed by atoms with E-state index in [1.165, 1.54) is 0 Å². The predicted octanol–water partition coefficient (Wildman–Crippen LogP) is 3.15. The van der Waals surface area contributed by atoms with Crippen molar-refractivity contribution in [3.8, 4) is 6.07 Å². The van der Waals surface area contributed by atoms with Gasteiger partial charge in [0, 0.05) is 11.1 Å². The van der Waals surface area contributed by atoms with Crippen molar-refractivity contribution in [1.82, 2.24) is 4.98 Å². The maximum Gasteiger partial charge on any atom is 0.354 e. The van der Waals surface area contributed by atoms with E-state index < -0.39 is 21.5 Å². The molecule has 0 aliphatic heterocycles. The molecule has 2 aliphatic carbocycles. The number of anilines is 1. The molecule has 30 heavy (non-hydrogen) atoms. The lowest BCUT2D eigenvalue weighted by Gasteiger charge is -2.17. The Balaban J connectivity index is 1.69. The Labute approximate surface area is 179 Å². The molecule has 0 saturated heterocycles. The van der Waals surface area contributed by atoms with E-state index in [1.807, 2.05) is 0 Å². The fraction of sp³-hybridized carbons (Fsp3) is 0.450. The van der Waals surface area contributed by atoms with E-state index in [0.29, 0.717) is 11.4 Å². The molecule has 1 aromatic heterocycles. The third kappa shape index (κ3) is 3.63. The zero-order valence-electron chi connectivity index (χ0n) is 16.8. The maximum absolute atomic E-state index is 12.9. The number of aliphatic hydroxyl groups is 1. The molecule has 1 atom stereocenters. The van der Waals surface area contributed by atoms with E-state index in [4.69, 9.17) is 5.14 Å². The van der Waals surface area contributed by atoms with Crippen molar-refractivity contribution < 1.29 is 14.1 Å². The van der Waals surface area contributed by atoms with Gasteiger partial charge in [-0.15, -0.1) is 15.7 Å². The third-order valence-corrected chi connectivity index (χ3v) is 8.23. The maximum atomic E-state index is 12.9. The number of amides is 2. The summed E-state index contributed by atoms with van der Waals surface area (Å²) in [6.07, 6.45) is 5.06. The fourth-order valence-corrected chi connectivity index (χ4v) is 6.32. The van der Waals surface area contributed by atoms with Gasteiger partial charge >= 0.3 is 6.03 Å². The minimum atomic E-state index is -3.55. The van der Waals surface area contributed by atoms with E-state index in [2.05, 4.69) is 20.7 Å². The summed E-state index contributed by atoms with van der Waals surface area (Å²) in [5, 5.41) is 29.9. The second-order valence-electron chi connectivity index (χ2n) is 8.13. The van der Waals surface area contributed by atoms with Crippen LogP contribution in [-0.4, -0.2) is 20.3 Å². The second kappa shape index (κ2) is 7.42. The summed E-state index contributed by atoms with van der Waals surface area (Å²) in [5.74, 6) is 0. The van der Waals surface area contributed by atoms with E-state index in [1.54, 1.807) is 19.2 Å².